The largest absolute Gasteiger partial charge is 0.365 e. The summed E-state index contributed by atoms with van der Waals surface area (Å²) in [4.78, 5) is 17.2. The highest BCUT2D eigenvalue weighted by Gasteiger charge is 2.41. The van der Waals surface area contributed by atoms with Crippen LogP contribution in [0.1, 0.15) is 46.0 Å². The fourth-order valence-electron chi connectivity index (χ4n) is 3.63. The number of ether oxygens (including phenoxy) is 1. The third-order valence-electron chi connectivity index (χ3n) is 4.98. The van der Waals surface area contributed by atoms with Crippen molar-refractivity contribution in [1.82, 2.24) is 9.80 Å². The van der Waals surface area contributed by atoms with Crippen molar-refractivity contribution in [3.8, 4) is 0 Å². The summed E-state index contributed by atoms with van der Waals surface area (Å²) >= 11 is 0. The van der Waals surface area contributed by atoms with Gasteiger partial charge >= 0.3 is 0 Å². The van der Waals surface area contributed by atoms with Crippen LogP contribution in [0, 0.1) is 0 Å². The van der Waals surface area contributed by atoms with Crippen molar-refractivity contribution in [3.63, 3.8) is 0 Å². The zero-order valence-corrected chi connectivity index (χ0v) is 13.6. The van der Waals surface area contributed by atoms with Gasteiger partial charge in [0.2, 0.25) is 0 Å². The van der Waals surface area contributed by atoms with Crippen LogP contribution in [0.5, 0.6) is 0 Å². The molecule has 0 spiro atoms. The topological polar surface area (TPSA) is 58.8 Å². The molecule has 2 heterocycles. The van der Waals surface area contributed by atoms with Crippen molar-refractivity contribution in [1.29, 1.82) is 0 Å². The van der Waals surface area contributed by atoms with Crippen LogP contribution >= 0.6 is 0 Å². The molecule has 0 aromatic heterocycles. The van der Waals surface area contributed by atoms with E-state index in [9.17, 15) is 4.79 Å². The van der Waals surface area contributed by atoms with Gasteiger partial charge in [-0.05, 0) is 45.6 Å². The third kappa shape index (κ3) is 3.96. The van der Waals surface area contributed by atoms with Gasteiger partial charge < -0.3 is 15.4 Å². The number of hydrogen-bond acceptors (Lipinski definition) is 4. The molecule has 122 valence electrons. The molecule has 2 aliphatic rings. The smallest absolute Gasteiger partial charge is 0.254 e. The highest BCUT2D eigenvalue weighted by molar-refractivity contribution is 5.85. The minimum Gasteiger partial charge on any atom is -0.365 e. The first-order chi connectivity index (χ1) is 10.1. The average Bonchev–Trinajstić information content (AvgIpc) is 2.80. The second-order valence-electron chi connectivity index (χ2n) is 6.50. The van der Waals surface area contributed by atoms with Crippen molar-refractivity contribution in [3.05, 3.63) is 0 Å². The SMILES string of the molecule is CCC(CCN)N1CCCN(C(=O)C2(C)CCCO2)CC1. The van der Waals surface area contributed by atoms with Crippen LogP contribution in [0.2, 0.25) is 0 Å². The first kappa shape index (κ1) is 16.7. The van der Waals surface area contributed by atoms with Gasteiger partial charge in [-0.3, -0.25) is 9.69 Å². The van der Waals surface area contributed by atoms with E-state index in [2.05, 4.69) is 11.8 Å². The zero-order chi connectivity index (χ0) is 15.3. The molecule has 0 bridgehead atoms. The van der Waals surface area contributed by atoms with Crippen LogP contribution in [0.4, 0.5) is 0 Å². The first-order valence-electron chi connectivity index (χ1n) is 8.48. The summed E-state index contributed by atoms with van der Waals surface area (Å²) in [6, 6.07) is 0.559. The van der Waals surface area contributed by atoms with Crippen LogP contribution in [-0.4, -0.2) is 66.7 Å². The summed E-state index contributed by atoms with van der Waals surface area (Å²) in [6.45, 7) is 9.34. The van der Waals surface area contributed by atoms with E-state index in [0.717, 1.165) is 71.4 Å². The zero-order valence-electron chi connectivity index (χ0n) is 13.6. The van der Waals surface area contributed by atoms with Gasteiger partial charge in [0, 0.05) is 38.8 Å². The van der Waals surface area contributed by atoms with Crippen LogP contribution in [0.3, 0.4) is 0 Å². The van der Waals surface area contributed by atoms with Crippen molar-refractivity contribution in [2.45, 2.75) is 57.6 Å². The molecule has 5 nitrogen and oxygen atoms in total. The lowest BCUT2D eigenvalue weighted by molar-refractivity contribution is -0.150. The lowest BCUT2D eigenvalue weighted by Crippen LogP contribution is -2.48. The standard InChI is InChI=1S/C16H31N3O2/c1-3-14(6-8-17)18-9-5-10-19(12-11-18)15(20)16(2)7-4-13-21-16/h14H,3-13,17H2,1-2H3. The monoisotopic (exact) mass is 297 g/mol. The minimum absolute atomic E-state index is 0.189. The highest BCUT2D eigenvalue weighted by atomic mass is 16.5. The van der Waals surface area contributed by atoms with Gasteiger partial charge in [0.1, 0.15) is 5.60 Å². The summed E-state index contributed by atoms with van der Waals surface area (Å²) in [7, 11) is 0. The van der Waals surface area contributed by atoms with E-state index in [4.69, 9.17) is 10.5 Å². The summed E-state index contributed by atoms with van der Waals surface area (Å²) < 4.78 is 5.71. The van der Waals surface area contributed by atoms with Gasteiger partial charge in [0.05, 0.1) is 0 Å². The Morgan fingerprint density at radius 1 is 1.29 bits per heavy atom. The van der Waals surface area contributed by atoms with Gasteiger partial charge in [-0.1, -0.05) is 6.92 Å². The van der Waals surface area contributed by atoms with Crippen LogP contribution < -0.4 is 5.73 Å². The number of rotatable bonds is 5. The molecule has 2 saturated heterocycles. The molecule has 2 unspecified atom stereocenters. The Hall–Kier alpha value is -0.650. The van der Waals surface area contributed by atoms with Crippen molar-refractivity contribution >= 4 is 5.91 Å². The van der Waals surface area contributed by atoms with E-state index in [1.165, 1.54) is 0 Å². The second-order valence-corrected chi connectivity index (χ2v) is 6.50. The predicted octanol–water partition coefficient (Wildman–Crippen LogP) is 1.22. The lowest BCUT2D eigenvalue weighted by atomic mass is 10.0. The summed E-state index contributed by atoms with van der Waals surface area (Å²) in [6.07, 6.45) is 5.08. The molecule has 0 aliphatic carbocycles. The fourth-order valence-corrected chi connectivity index (χ4v) is 3.63. The predicted molar refractivity (Wildman–Crippen MR) is 84.1 cm³/mol. The Kier molecular flexibility index (Phi) is 6.02. The molecular formula is C16H31N3O2. The molecule has 0 saturated carbocycles. The maximum Gasteiger partial charge on any atom is 0.254 e. The molecular weight excluding hydrogens is 266 g/mol. The van der Waals surface area contributed by atoms with E-state index in [0.29, 0.717) is 6.04 Å². The maximum atomic E-state index is 12.7. The number of hydrogen-bond donors (Lipinski definition) is 1. The summed E-state index contributed by atoms with van der Waals surface area (Å²) in [5.41, 5.74) is 5.15. The first-order valence-corrected chi connectivity index (χ1v) is 8.48. The van der Waals surface area contributed by atoms with E-state index in [1.807, 2.05) is 11.8 Å². The normalized spacial score (nSPS) is 29.4. The van der Waals surface area contributed by atoms with Gasteiger partial charge in [-0.25, -0.2) is 0 Å². The van der Waals surface area contributed by atoms with Crippen LogP contribution in [0.15, 0.2) is 0 Å². The second kappa shape index (κ2) is 7.56. The Balaban J connectivity index is 1.92. The minimum atomic E-state index is -0.573. The van der Waals surface area contributed by atoms with Crippen molar-refractivity contribution < 1.29 is 9.53 Å². The molecule has 2 N–H and O–H groups in total. The van der Waals surface area contributed by atoms with Gasteiger partial charge in [0.25, 0.3) is 5.91 Å². The van der Waals surface area contributed by atoms with Gasteiger partial charge in [-0.15, -0.1) is 0 Å². The molecule has 2 rings (SSSR count). The summed E-state index contributed by atoms with van der Waals surface area (Å²) in [5, 5.41) is 0. The van der Waals surface area contributed by atoms with E-state index < -0.39 is 5.60 Å². The Labute approximate surface area is 128 Å². The summed E-state index contributed by atoms with van der Waals surface area (Å²) in [5.74, 6) is 0.189. The molecule has 0 aromatic rings. The van der Waals surface area contributed by atoms with E-state index in [-0.39, 0.29) is 5.91 Å². The highest BCUT2D eigenvalue weighted by Crippen LogP contribution is 2.28. The Bertz CT molecular complexity index is 342. The Morgan fingerprint density at radius 2 is 2.10 bits per heavy atom. The molecule has 1 amide bonds. The average molecular weight is 297 g/mol. The number of carbonyl (C=O) groups is 1. The quantitative estimate of drug-likeness (QED) is 0.829. The molecule has 21 heavy (non-hydrogen) atoms. The van der Waals surface area contributed by atoms with Crippen LogP contribution in [0.25, 0.3) is 0 Å². The van der Waals surface area contributed by atoms with E-state index in [1.54, 1.807) is 0 Å². The maximum absolute atomic E-state index is 12.7. The van der Waals surface area contributed by atoms with Crippen molar-refractivity contribution in [2.24, 2.45) is 5.73 Å². The van der Waals surface area contributed by atoms with Gasteiger partial charge in [-0.2, -0.15) is 0 Å². The third-order valence-corrected chi connectivity index (χ3v) is 4.98. The fraction of sp³-hybridized carbons (Fsp3) is 0.938. The molecule has 2 atom stereocenters. The molecule has 2 fully saturated rings. The number of amides is 1. The molecule has 0 radical (unpaired) electrons. The lowest BCUT2D eigenvalue weighted by Gasteiger charge is -2.31. The molecule has 5 heteroatoms. The van der Waals surface area contributed by atoms with E-state index >= 15 is 0 Å². The van der Waals surface area contributed by atoms with Gasteiger partial charge in [0.15, 0.2) is 0 Å². The molecule has 0 aromatic carbocycles. The Morgan fingerprint density at radius 3 is 2.71 bits per heavy atom. The number of carbonyl (C=O) groups excluding carboxylic acids is 1. The number of nitrogens with zero attached hydrogens (tertiary/aromatic N) is 2. The molecule has 2 aliphatic heterocycles. The number of nitrogens with two attached hydrogens (primary N) is 1. The van der Waals surface area contributed by atoms with Crippen LogP contribution in [-0.2, 0) is 9.53 Å². The van der Waals surface area contributed by atoms with Crippen molar-refractivity contribution in [2.75, 3.05) is 39.3 Å².